The molecule has 3 N–H and O–H groups in total. The minimum absolute atomic E-state index is 0.410. The van der Waals surface area contributed by atoms with Crippen molar-refractivity contribution in [3.05, 3.63) is 25.3 Å². The zero-order valence-electron chi connectivity index (χ0n) is 13.0. The van der Waals surface area contributed by atoms with Gasteiger partial charge in [-0.05, 0) is 11.6 Å². The zero-order chi connectivity index (χ0) is 20.5. The molecule has 0 aliphatic heterocycles. The summed E-state index contributed by atoms with van der Waals surface area (Å²) in [6.45, 7) is 5.35. The first-order valence-electron chi connectivity index (χ1n) is 6.51. The number of aliphatic hydroxyl groups excluding tert-OH is 2. The normalized spacial score (nSPS) is 15.6. The molecule has 0 saturated carbocycles. The number of aliphatic hydroxyl groups is 3. The van der Waals surface area contributed by atoms with Gasteiger partial charge in [0.25, 0.3) is 5.24 Å². The molecule has 0 aliphatic carbocycles. The summed E-state index contributed by atoms with van der Waals surface area (Å²) in [5, 5.41) is 26.4. The first kappa shape index (κ1) is 23.7. The van der Waals surface area contributed by atoms with E-state index in [-0.39, 0.29) is 0 Å². The van der Waals surface area contributed by atoms with Crippen molar-refractivity contribution in [1.82, 2.24) is 0 Å². The zero-order valence-corrected chi connectivity index (χ0v) is 13.7. The van der Waals surface area contributed by atoms with Gasteiger partial charge in [-0.2, -0.15) is 8.78 Å². The summed E-state index contributed by atoms with van der Waals surface area (Å²) in [5.74, 6) is -9.63. The molecule has 1 unspecified atom stereocenters. The lowest BCUT2D eigenvalue weighted by Gasteiger charge is -2.36. The number of rotatable bonds is 10. The van der Waals surface area contributed by atoms with Crippen LogP contribution in [0.3, 0.4) is 0 Å². The molecular weight excluding hydrogens is 390 g/mol. The van der Waals surface area contributed by atoms with Crippen molar-refractivity contribution in [3.63, 3.8) is 0 Å². The smallest absolute Gasteiger partial charge is 0.430 e. The van der Waals surface area contributed by atoms with Gasteiger partial charge >= 0.3 is 24.0 Å². The van der Waals surface area contributed by atoms with E-state index in [1.807, 2.05) is 0 Å². The Kier molecular flexibility index (Phi) is 9.13. The molecule has 3 atom stereocenters. The molecule has 26 heavy (non-hydrogen) atoms. The van der Waals surface area contributed by atoms with Gasteiger partial charge in [-0.25, -0.2) is 9.59 Å². The van der Waals surface area contributed by atoms with E-state index < -0.39 is 54.9 Å². The van der Waals surface area contributed by atoms with Crippen LogP contribution >= 0.6 is 11.6 Å². The highest BCUT2D eigenvalue weighted by Gasteiger charge is 2.68. The molecule has 0 rings (SSSR count). The minimum atomic E-state index is -5.16. The van der Waals surface area contributed by atoms with Crippen LogP contribution in [0.25, 0.3) is 0 Å². The van der Waals surface area contributed by atoms with E-state index in [1.54, 1.807) is 0 Å². The van der Waals surface area contributed by atoms with E-state index in [9.17, 15) is 38.5 Å². The number of carbonyl (C=O) groups excluding carboxylic acids is 3. The predicted molar refractivity (Wildman–Crippen MR) is 78.0 cm³/mol. The molecule has 0 aromatic carbocycles. The van der Waals surface area contributed by atoms with Crippen LogP contribution < -0.4 is 0 Å². The van der Waals surface area contributed by atoms with E-state index >= 15 is 0 Å². The third-order valence-corrected chi connectivity index (χ3v) is 2.70. The van der Waals surface area contributed by atoms with Crippen LogP contribution in [0.15, 0.2) is 25.3 Å². The lowest BCUT2D eigenvalue weighted by molar-refractivity contribution is -0.346. The largest absolute Gasteiger partial charge is 0.511 e. The Morgan fingerprint density at radius 2 is 1.54 bits per heavy atom. The average molecular weight is 405 g/mol. The topological polar surface area (TPSA) is 149 Å². The van der Waals surface area contributed by atoms with E-state index in [4.69, 9.17) is 0 Å². The van der Waals surface area contributed by atoms with Crippen LogP contribution in [0.1, 0.15) is 0 Å². The van der Waals surface area contributed by atoms with Crippen LogP contribution in [0, 0.1) is 0 Å². The summed E-state index contributed by atoms with van der Waals surface area (Å²) in [6, 6.07) is 0. The first-order chi connectivity index (χ1) is 11.9. The molecule has 0 aromatic heterocycles. The number of hydrogen-bond donors (Lipinski definition) is 3. The van der Waals surface area contributed by atoms with E-state index in [2.05, 4.69) is 43.7 Å². The molecule has 13 heteroatoms. The van der Waals surface area contributed by atoms with Gasteiger partial charge in [-0.3, -0.25) is 4.79 Å². The maximum atomic E-state index is 13.9. The molecule has 0 amide bonds. The van der Waals surface area contributed by atoms with Crippen LogP contribution in [0.5, 0.6) is 0 Å². The van der Waals surface area contributed by atoms with Crippen LogP contribution in [0.4, 0.5) is 18.4 Å². The molecule has 10 nitrogen and oxygen atoms in total. The number of hydrogen-bond acceptors (Lipinski definition) is 10. The van der Waals surface area contributed by atoms with Gasteiger partial charge in [0.1, 0.15) is 13.2 Å². The highest BCUT2D eigenvalue weighted by Crippen LogP contribution is 2.37. The number of alkyl halides is 2. The van der Waals surface area contributed by atoms with Crippen molar-refractivity contribution in [3.8, 4) is 0 Å². The summed E-state index contributed by atoms with van der Waals surface area (Å²) >= 11 is 4.63. The van der Waals surface area contributed by atoms with Crippen LogP contribution in [-0.2, 0) is 23.7 Å². The van der Waals surface area contributed by atoms with Gasteiger partial charge in [0.15, 0.2) is 6.10 Å². The first-order valence-corrected chi connectivity index (χ1v) is 6.89. The molecule has 0 fully saturated rings. The molecular formula is C13H15ClF2O10. The third kappa shape index (κ3) is 5.91. The number of carbonyl (C=O) groups is 3. The Morgan fingerprint density at radius 3 is 1.96 bits per heavy atom. The highest BCUT2D eigenvalue weighted by atomic mass is 35.5. The van der Waals surface area contributed by atoms with E-state index in [1.165, 1.54) is 0 Å². The third-order valence-electron chi connectivity index (χ3n) is 2.46. The lowest BCUT2D eigenvalue weighted by atomic mass is 10.0. The van der Waals surface area contributed by atoms with Crippen molar-refractivity contribution in [2.24, 2.45) is 0 Å². The molecule has 0 radical (unpaired) electrons. The summed E-state index contributed by atoms with van der Waals surface area (Å²) < 4.78 is 44.0. The maximum Gasteiger partial charge on any atom is 0.511 e. The molecule has 0 aromatic rings. The summed E-state index contributed by atoms with van der Waals surface area (Å²) in [4.78, 5) is 33.3. The van der Waals surface area contributed by atoms with Gasteiger partial charge in [0.2, 0.25) is 6.29 Å². The molecule has 0 saturated heterocycles. The quantitative estimate of drug-likeness (QED) is 0.202. The second-order valence-corrected chi connectivity index (χ2v) is 4.64. The molecule has 0 aliphatic rings. The van der Waals surface area contributed by atoms with Crippen molar-refractivity contribution in [2.45, 2.75) is 24.1 Å². The maximum absolute atomic E-state index is 13.9. The van der Waals surface area contributed by atoms with Gasteiger partial charge < -0.3 is 34.3 Å². The van der Waals surface area contributed by atoms with Crippen LogP contribution in [0.2, 0.25) is 0 Å². The predicted octanol–water partition coefficient (Wildman–Crippen LogP) is 0.433. The van der Waals surface area contributed by atoms with Crippen molar-refractivity contribution in [1.29, 1.82) is 0 Å². The fourth-order valence-electron chi connectivity index (χ4n) is 1.25. The van der Waals surface area contributed by atoms with Gasteiger partial charge in [-0.1, -0.05) is 25.3 Å². The summed E-state index contributed by atoms with van der Waals surface area (Å²) in [7, 11) is 0. The minimum Gasteiger partial charge on any atom is -0.430 e. The van der Waals surface area contributed by atoms with E-state index in [0.717, 1.165) is 12.2 Å². The number of ether oxygens (including phenoxy) is 4. The van der Waals surface area contributed by atoms with Crippen molar-refractivity contribution >= 4 is 29.2 Å². The standard InChI is InChI=1S/C13H15ClF2O10/c1-3-5-23-10(20)25-8(18)7(17)13(22,12(15,16)9(14)19)26-11(21)24-6-4-2/h3-4,7-8,17-18,22H,1-2,5-6H2/t7-,8?,13+/m1/s1. The fraction of sp³-hybridized carbons (Fsp3) is 0.462. The Morgan fingerprint density at radius 1 is 1.08 bits per heavy atom. The van der Waals surface area contributed by atoms with Crippen molar-refractivity contribution < 1.29 is 57.4 Å². The average Bonchev–Trinajstić information content (AvgIpc) is 2.56. The Balaban J connectivity index is 5.52. The van der Waals surface area contributed by atoms with E-state index in [0.29, 0.717) is 0 Å². The monoisotopic (exact) mass is 404 g/mol. The SMILES string of the molecule is C=CCOC(=O)OC(O)[C@@H](O)[C@](O)(OC(=O)OCC=C)C(F)(F)C(=O)Cl. The van der Waals surface area contributed by atoms with Gasteiger partial charge in [-0.15, -0.1) is 0 Å². The van der Waals surface area contributed by atoms with Crippen molar-refractivity contribution in [2.75, 3.05) is 13.2 Å². The Hall–Kier alpha value is -2.28. The highest BCUT2D eigenvalue weighted by molar-refractivity contribution is 6.65. The second-order valence-electron chi connectivity index (χ2n) is 4.30. The Bertz CT molecular complexity index is 555. The summed E-state index contributed by atoms with van der Waals surface area (Å²) in [6.07, 6.45) is -7.80. The van der Waals surface area contributed by atoms with Gasteiger partial charge in [0.05, 0.1) is 0 Å². The molecule has 0 bridgehead atoms. The second kappa shape index (κ2) is 10.0. The van der Waals surface area contributed by atoms with Crippen LogP contribution in [-0.4, -0.2) is 70.2 Å². The number of halogens is 3. The van der Waals surface area contributed by atoms with Gasteiger partial charge in [0, 0.05) is 0 Å². The Labute approximate surface area is 150 Å². The fourth-order valence-corrected chi connectivity index (χ4v) is 1.39. The summed E-state index contributed by atoms with van der Waals surface area (Å²) in [5.41, 5.74) is 0. The molecule has 0 heterocycles. The molecule has 0 spiro atoms. The lowest BCUT2D eigenvalue weighted by Crippen LogP contribution is -2.65. The molecule has 148 valence electrons.